The molecule has 1 heterocycles. The Balaban J connectivity index is 1.35. The highest BCUT2D eigenvalue weighted by Gasteiger charge is 2.37. The fraction of sp³-hybridized carbons (Fsp3) is 0.212. The predicted molar refractivity (Wildman–Crippen MR) is 159 cm³/mol. The Labute approximate surface area is 243 Å². The van der Waals surface area contributed by atoms with Gasteiger partial charge in [-0.15, -0.1) is 0 Å². The van der Waals surface area contributed by atoms with E-state index in [0.29, 0.717) is 52.6 Å². The van der Waals surface area contributed by atoms with Crippen LogP contribution in [0.2, 0.25) is 0 Å². The molecule has 0 radical (unpaired) electrons. The number of nitrogens with zero attached hydrogens (tertiary/aromatic N) is 1. The maximum atomic E-state index is 13.1. The van der Waals surface area contributed by atoms with Crippen LogP contribution in [0.3, 0.4) is 0 Å². The van der Waals surface area contributed by atoms with Crippen LogP contribution in [0.1, 0.15) is 53.6 Å². The number of ether oxygens (including phenoxy) is 1. The lowest BCUT2D eigenvalue weighted by Crippen LogP contribution is -2.31. The number of amides is 1. The number of Topliss-reactive ketones (excluding diaryl/α,β-unsaturated/α-hetero) is 2. The summed E-state index contributed by atoms with van der Waals surface area (Å²) < 4.78 is 5.94. The van der Waals surface area contributed by atoms with Gasteiger partial charge in [0.2, 0.25) is 5.91 Å². The first kappa shape index (κ1) is 27.9. The van der Waals surface area contributed by atoms with Crippen molar-refractivity contribution in [2.45, 2.75) is 38.7 Å². The average molecular weight is 564 g/mol. The molecule has 0 fully saturated rings. The molecule has 1 aliphatic heterocycles. The summed E-state index contributed by atoms with van der Waals surface area (Å²) in [6.07, 6.45) is 1.87. The first-order valence-corrected chi connectivity index (χ1v) is 14.4. The molecule has 206 valence electrons. The zero-order chi connectivity index (χ0) is 28.8. The Kier molecular flexibility index (Phi) is 8.66. The number of thioether (sulfide) groups is 1. The van der Waals surface area contributed by atoms with Crippen LogP contribution in [0.4, 0.5) is 5.69 Å². The zero-order valence-corrected chi connectivity index (χ0v) is 23.4. The molecule has 2 N–H and O–H groups in total. The van der Waals surface area contributed by atoms with Crippen LogP contribution in [-0.4, -0.2) is 23.2 Å². The van der Waals surface area contributed by atoms with Crippen LogP contribution in [0, 0.1) is 11.3 Å². The van der Waals surface area contributed by atoms with E-state index in [1.807, 2.05) is 54.6 Å². The second-order valence-corrected chi connectivity index (χ2v) is 10.9. The van der Waals surface area contributed by atoms with Gasteiger partial charge in [0.15, 0.2) is 11.6 Å². The largest absolute Gasteiger partial charge is 0.489 e. The SMILES string of the molecule is CC(=O)c1cccc(NC(=O)CSC2=C(C#N)C(c3ccc(OCc4ccccc4)cc3)C3=C(CCCC3=O)N2)c1. The molecule has 0 aromatic heterocycles. The fourth-order valence-electron chi connectivity index (χ4n) is 5.02. The van der Waals surface area contributed by atoms with Gasteiger partial charge in [-0.25, -0.2) is 0 Å². The lowest BCUT2D eigenvalue weighted by molar-refractivity contribution is -0.116. The lowest BCUT2D eigenvalue weighted by Gasteiger charge is -2.33. The number of anilines is 1. The predicted octanol–water partition coefficient (Wildman–Crippen LogP) is 6.27. The maximum absolute atomic E-state index is 13.1. The molecule has 1 unspecified atom stereocenters. The highest BCUT2D eigenvalue weighted by molar-refractivity contribution is 8.03. The number of hydrogen-bond donors (Lipinski definition) is 2. The summed E-state index contributed by atoms with van der Waals surface area (Å²) in [6, 6.07) is 26.5. The molecule has 0 bridgehead atoms. The van der Waals surface area contributed by atoms with Crippen LogP contribution in [-0.2, 0) is 16.2 Å². The number of carbonyl (C=O) groups excluding carboxylic acids is 3. The molecule has 1 atom stereocenters. The molecule has 7 nitrogen and oxygen atoms in total. The molecule has 1 amide bonds. The van der Waals surface area contributed by atoms with Gasteiger partial charge in [0, 0.05) is 28.9 Å². The summed E-state index contributed by atoms with van der Waals surface area (Å²) in [5, 5.41) is 17.0. The third-order valence-corrected chi connectivity index (χ3v) is 8.04. The number of rotatable bonds is 9. The van der Waals surface area contributed by atoms with E-state index in [9.17, 15) is 19.6 Å². The van der Waals surface area contributed by atoms with Gasteiger partial charge in [0.05, 0.1) is 28.3 Å². The Bertz CT molecular complexity index is 1590. The summed E-state index contributed by atoms with van der Waals surface area (Å²) >= 11 is 1.23. The van der Waals surface area contributed by atoms with Crippen LogP contribution >= 0.6 is 11.8 Å². The lowest BCUT2D eigenvalue weighted by atomic mass is 9.77. The highest BCUT2D eigenvalue weighted by Crippen LogP contribution is 2.44. The number of benzene rings is 3. The summed E-state index contributed by atoms with van der Waals surface area (Å²) in [7, 11) is 0. The first-order chi connectivity index (χ1) is 19.9. The Morgan fingerprint density at radius 3 is 2.56 bits per heavy atom. The quantitative estimate of drug-likeness (QED) is 0.296. The van der Waals surface area contributed by atoms with E-state index in [1.54, 1.807) is 24.3 Å². The zero-order valence-electron chi connectivity index (χ0n) is 22.6. The number of hydrogen-bond acceptors (Lipinski definition) is 7. The van der Waals surface area contributed by atoms with Crippen molar-refractivity contribution in [1.29, 1.82) is 5.26 Å². The van der Waals surface area contributed by atoms with E-state index in [2.05, 4.69) is 16.7 Å². The van der Waals surface area contributed by atoms with Crippen molar-refractivity contribution in [3.05, 3.63) is 117 Å². The molecule has 0 spiro atoms. The van der Waals surface area contributed by atoms with Gasteiger partial charge in [-0.3, -0.25) is 14.4 Å². The minimum Gasteiger partial charge on any atom is -0.489 e. The van der Waals surface area contributed by atoms with E-state index < -0.39 is 5.92 Å². The van der Waals surface area contributed by atoms with Gasteiger partial charge in [0.25, 0.3) is 0 Å². The number of dihydropyridines is 1. The van der Waals surface area contributed by atoms with Crippen molar-refractivity contribution in [1.82, 2.24) is 5.32 Å². The van der Waals surface area contributed by atoms with E-state index in [1.165, 1.54) is 18.7 Å². The Morgan fingerprint density at radius 2 is 1.83 bits per heavy atom. The fourth-order valence-corrected chi connectivity index (χ4v) is 5.88. The van der Waals surface area contributed by atoms with E-state index in [0.717, 1.165) is 23.2 Å². The number of nitriles is 1. The van der Waals surface area contributed by atoms with E-state index in [4.69, 9.17) is 4.74 Å². The summed E-state index contributed by atoms with van der Waals surface area (Å²) in [6.45, 7) is 1.91. The van der Waals surface area contributed by atoms with Gasteiger partial charge in [-0.1, -0.05) is 66.4 Å². The van der Waals surface area contributed by atoms with Gasteiger partial charge in [-0.05, 0) is 55.2 Å². The van der Waals surface area contributed by atoms with Crippen LogP contribution in [0.5, 0.6) is 5.75 Å². The second-order valence-electron chi connectivity index (χ2n) is 9.90. The van der Waals surface area contributed by atoms with Crippen LogP contribution in [0.15, 0.2) is 101 Å². The summed E-state index contributed by atoms with van der Waals surface area (Å²) in [4.78, 5) is 37.6. The van der Waals surface area contributed by atoms with Gasteiger partial charge < -0.3 is 15.4 Å². The maximum Gasteiger partial charge on any atom is 0.234 e. The minimum absolute atomic E-state index is 0.0352. The van der Waals surface area contributed by atoms with Gasteiger partial charge in [0.1, 0.15) is 12.4 Å². The van der Waals surface area contributed by atoms with Crippen molar-refractivity contribution in [3.8, 4) is 11.8 Å². The summed E-state index contributed by atoms with van der Waals surface area (Å²) in [5.41, 5.74) is 4.77. The third kappa shape index (κ3) is 6.59. The second kappa shape index (κ2) is 12.7. The van der Waals surface area contributed by atoms with Crippen molar-refractivity contribution in [3.63, 3.8) is 0 Å². The molecule has 41 heavy (non-hydrogen) atoms. The molecule has 8 heteroatoms. The Morgan fingerprint density at radius 1 is 1.05 bits per heavy atom. The van der Waals surface area contributed by atoms with Crippen molar-refractivity contribution < 1.29 is 19.1 Å². The highest BCUT2D eigenvalue weighted by atomic mass is 32.2. The van der Waals surface area contributed by atoms with E-state index >= 15 is 0 Å². The molecular weight excluding hydrogens is 534 g/mol. The van der Waals surface area contributed by atoms with Crippen LogP contribution < -0.4 is 15.4 Å². The number of ketones is 2. The van der Waals surface area contributed by atoms with Gasteiger partial charge >= 0.3 is 0 Å². The first-order valence-electron chi connectivity index (χ1n) is 13.4. The smallest absolute Gasteiger partial charge is 0.234 e. The number of nitrogens with one attached hydrogen (secondary N) is 2. The number of carbonyl (C=O) groups is 3. The third-order valence-electron chi connectivity index (χ3n) is 7.03. The molecule has 0 saturated carbocycles. The molecule has 0 saturated heterocycles. The van der Waals surface area contributed by atoms with Crippen molar-refractivity contribution in [2.75, 3.05) is 11.1 Å². The standard InChI is InChI=1S/C33H29N3O4S/c1-21(37)24-9-5-10-25(17-24)35-30(39)20-41-33-27(18-34)31(32-28(36-33)11-6-12-29(32)38)23-13-15-26(16-14-23)40-19-22-7-3-2-4-8-22/h2-5,7-10,13-17,31,36H,6,11-12,19-20H2,1H3,(H,35,39). The molecule has 3 aromatic rings. The van der Waals surface area contributed by atoms with Crippen molar-refractivity contribution >= 4 is 34.9 Å². The minimum atomic E-state index is -0.523. The summed E-state index contributed by atoms with van der Waals surface area (Å²) in [5.74, 6) is -0.0961. The monoisotopic (exact) mass is 563 g/mol. The molecule has 3 aromatic carbocycles. The molecule has 5 rings (SSSR count). The average Bonchev–Trinajstić information content (AvgIpc) is 2.99. The van der Waals surface area contributed by atoms with Crippen molar-refractivity contribution in [2.24, 2.45) is 0 Å². The van der Waals surface area contributed by atoms with E-state index in [-0.39, 0.29) is 23.2 Å². The molecule has 2 aliphatic rings. The van der Waals surface area contributed by atoms with Crippen LogP contribution in [0.25, 0.3) is 0 Å². The Hall–Kier alpha value is -4.61. The number of allylic oxidation sites excluding steroid dienone is 3. The van der Waals surface area contributed by atoms with Gasteiger partial charge in [-0.2, -0.15) is 5.26 Å². The molecule has 1 aliphatic carbocycles. The molecular formula is C33H29N3O4S. The topological polar surface area (TPSA) is 108 Å². The normalized spacial score (nSPS) is 16.4.